The summed E-state index contributed by atoms with van der Waals surface area (Å²) in [6, 6.07) is 1.31. The monoisotopic (exact) mass is 293 g/mol. The van der Waals surface area contributed by atoms with Crippen molar-refractivity contribution in [1.29, 1.82) is 5.26 Å². The zero-order valence-electron chi connectivity index (χ0n) is 12.9. The predicted molar refractivity (Wildman–Crippen MR) is 79.8 cm³/mol. The molecule has 0 radical (unpaired) electrons. The molecule has 0 bridgehead atoms. The number of hydrogen-bond donors (Lipinski definition) is 3. The summed E-state index contributed by atoms with van der Waals surface area (Å²) in [5.74, 6) is 0.585. The van der Waals surface area contributed by atoms with Crippen LogP contribution in [0.5, 0.6) is 0 Å². The molecule has 0 aliphatic rings. The van der Waals surface area contributed by atoms with Crippen molar-refractivity contribution in [2.75, 3.05) is 11.9 Å². The highest BCUT2D eigenvalue weighted by Gasteiger charge is 2.16. The lowest BCUT2D eigenvalue weighted by atomic mass is 10.0. The topological polar surface area (TPSA) is 103 Å². The molecule has 116 valence electrons. The molecular weight excluding hydrogens is 270 g/mol. The average Bonchev–Trinajstić information content (AvgIpc) is 2.80. The van der Waals surface area contributed by atoms with Gasteiger partial charge in [0.25, 0.3) is 0 Å². The van der Waals surface area contributed by atoms with Gasteiger partial charge in [0.15, 0.2) is 5.82 Å². The van der Waals surface area contributed by atoms with E-state index in [0.29, 0.717) is 17.9 Å². The molecule has 1 heterocycles. The van der Waals surface area contributed by atoms with Crippen molar-refractivity contribution in [1.82, 2.24) is 15.1 Å². The van der Waals surface area contributed by atoms with Gasteiger partial charge in [0.1, 0.15) is 11.6 Å². The van der Waals surface area contributed by atoms with Crippen molar-refractivity contribution < 1.29 is 9.90 Å². The number of anilines is 1. The molecule has 0 saturated carbocycles. The van der Waals surface area contributed by atoms with E-state index in [1.54, 1.807) is 10.9 Å². The first-order valence-corrected chi connectivity index (χ1v) is 7.05. The van der Waals surface area contributed by atoms with Crippen LogP contribution in [0.3, 0.4) is 0 Å². The number of urea groups is 1. The van der Waals surface area contributed by atoms with Crippen molar-refractivity contribution in [2.24, 2.45) is 5.92 Å². The number of carbonyl (C=O) groups excluding carboxylic acids is 1. The van der Waals surface area contributed by atoms with Crippen molar-refractivity contribution in [3.05, 3.63) is 11.8 Å². The highest BCUT2D eigenvalue weighted by Crippen LogP contribution is 2.15. The summed E-state index contributed by atoms with van der Waals surface area (Å²) >= 11 is 0. The smallest absolute Gasteiger partial charge is 0.320 e. The number of nitrogens with zero attached hydrogens (tertiary/aromatic N) is 3. The SMILES string of the molecule is CC(C)CC(CO)NC(=O)Nc1nn(C(C)C)cc1C#N. The van der Waals surface area contributed by atoms with E-state index in [1.165, 1.54) is 0 Å². The number of rotatable bonds is 6. The maximum atomic E-state index is 11.9. The van der Waals surface area contributed by atoms with Gasteiger partial charge in [-0.3, -0.25) is 10.00 Å². The van der Waals surface area contributed by atoms with E-state index in [0.717, 1.165) is 0 Å². The average molecular weight is 293 g/mol. The summed E-state index contributed by atoms with van der Waals surface area (Å²) in [6.45, 7) is 7.77. The van der Waals surface area contributed by atoms with Gasteiger partial charge in [-0.25, -0.2) is 4.79 Å². The van der Waals surface area contributed by atoms with Gasteiger partial charge in [-0.15, -0.1) is 0 Å². The van der Waals surface area contributed by atoms with Gasteiger partial charge in [0.2, 0.25) is 0 Å². The first-order chi connectivity index (χ1) is 9.87. The Morgan fingerprint density at radius 1 is 1.48 bits per heavy atom. The second-order valence-electron chi connectivity index (χ2n) is 5.68. The summed E-state index contributed by atoms with van der Waals surface area (Å²) in [5.41, 5.74) is 0.309. The lowest BCUT2D eigenvalue weighted by molar-refractivity contribution is 0.214. The van der Waals surface area contributed by atoms with Crippen LogP contribution >= 0.6 is 0 Å². The molecule has 0 spiro atoms. The minimum Gasteiger partial charge on any atom is -0.394 e. The van der Waals surface area contributed by atoms with E-state index in [4.69, 9.17) is 5.26 Å². The zero-order valence-corrected chi connectivity index (χ0v) is 12.9. The van der Waals surface area contributed by atoms with Gasteiger partial charge >= 0.3 is 6.03 Å². The largest absolute Gasteiger partial charge is 0.394 e. The molecule has 0 aliphatic heterocycles. The quantitative estimate of drug-likeness (QED) is 0.744. The second kappa shape index (κ2) is 7.64. The molecule has 3 N–H and O–H groups in total. The van der Waals surface area contributed by atoms with Crippen LogP contribution in [0.4, 0.5) is 10.6 Å². The molecule has 0 saturated heterocycles. The number of amides is 2. The Bertz CT molecular complexity index is 516. The Morgan fingerprint density at radius 2 is 2.14 bits per heavy atom. The van der Waals surface area contributed by atoms with Crippen LogP contribution < -0.4 is 10.6 Å². The number of hydrogen-bond acceptors (Lipinski definition) is 4. The van der Waals surface area contributed by atoms with Gasteiger partial charge in [-0.05, 0) is 26.2 Å². The van der Waals surface area contributed by atoms with Crippen molar-refractivity contribution in [2.45, 2.75) is 46.2 Å². The molecular formula is C14H23N5O2. The molecule has 1 rings (SSSR count). The maximum absolute atomic E-state index is 11.9. The number of aromatic nitrogens is 2. The Morgan fingerprint density at radius 3 is 2.62 bits per heavy atom. The van der Waals surface area contributed by atoms with Crippen molar-refractivity contribution in [3.63, 3.8) is 0 Å². The van der Waals surface area contributed by atoms with Gasteiger partial charge in [-0.2, -0.15) is 10.4 Å². The number of carbonyl (C=O) groups is 1. The number of aliphatic hydroxyl groups is 1. The second-order valence-corrected chi connectivity index (χ2v) is 5.68. The Balaban J connectivity index is 2.72. The molecule has 2 amide bonds. The summed E-state index contributed by atoms with van der Waals surface area (Å²) in [5, 5.41) is 27.7. The molecule has 0 fully saturated rings. The fraction of sp³-hybridized carbons (Fsp3) is 0.643. The van der Waals surface area contributed by atoms with Gasteiger partial charge < -0.3 is 10.4 Å². The number of nitriles is 1. The highest BCUT2D eigenvalue weighted by atomic mass is 16.3. The normalized spacial score (nSPS) is 12.3. The standard InChI is InChI=1S/C14H23N5O2/c1-9(2)5-12(8-20)16-14(21)17-13-11(6-15)7-19(18-13)10(3)4/h7,9-10,12,20H,5,8H2,1-4H3,(H2,16,17,18,21). The summed E-state index contributed by atoms with van der Waals surface area (Å²) in [6.07, 6.45) is 2.27. The van der Waals surface area contributed by atoms with Crippen LogP contribution in [0.2, 0.25) is 0 Å². The van der Waals surface area contributed by atoms with Gasteiger partial charge in [-0.1, -0.05) is 13.8 Å². The van der Waals surface area contributed by atoms with Crippen LogP contribution in [-0.4, -0.2) is 33.6 Å². The van der Waals surface area contributed by atoms with E-state index >= 15 is 0 Å². The molecule has 7 nitrogen and oxygen atoms in total. The molecule has 0 aliphatic carbocycles. The van der Waals surface area contributed by atoms with Gasteiger partial charge in [0.05, 0.1) is 12.6 Å². The minimum absolute atomic E-state index is 0.0989. The molecule has 7 heteroatoms. The number of aliphatic hydroxyl groups excluding tert-OH is 1. The van der Waals surface area contributed by atoms with Gasteiger partial charge in [0, 0.05) is 12.2 Å². The molecule has 1 aromatic heterocycles. The van der Waals surface area contributed by atoms with Crippen LogP contribution in [0.15, 0.2) is 6.20 Å². The third-order valence-electron chi connectivity index (χ3n) is 2.92. The first kappa shape index (κ1) is 17.0. The third kappa shape index (κ3) is 5.08. The van der Waals surface area contributed by atoms with Crippen LogP contribution in [-0.2, 0) is 0 Å². The fourth-order valence-corrected chi connectivity index (χ4v) is 1.91. The summed E-state index contributed by atoms with van der Waals surface area (Å²) in [7, 11) is 0. The summed E-state index contributed by atoms with van der Waals surface area (Å²) < 4.78 is 1.62. The zero-order chi connectivity index (χ0) is 16.0. The molecule has 21 heavy (non-hydrogen) atoms. The molecule has 0 aromatic carbocycles. The third-order valence-corrected chi connectivity index (χ3v) is 2.92. The van der Waals surface area contributed by atoms with Crippen molar-refractivity contribution in [3.8, 4) is 6.07 Å². The molecule has 1 atom stereocenters. The highest BCUT2D eigenvalue weighted by molar-refractivity contribution is 5.89. The van der Waals surface area contributed by atoms with E-state index in [-0.39, 0.29) is 24.5 Å². The number of nitrogens with one attached hydrogen (secondary N) is 2. The lowest BCUT2D eigenvalue weighted by Crippen LogP contribution is -2.41. The Labute approximate surface area is 125 Å². The van der Waals surface area contributed by atoms with Crippen LogP contribution in [0, 0.1) is 17.2 Å². The Hall–Kier alpha value is -2.07. The van der Waals surface area contributed by atoms with Crippen LogP contribution in [0.1, 0.15) is 45.7 Å². The molecule has 1 unspecified atom stereocenters. The van der Waals surface area contributed by atoms with E-state index in [1.807, 2.05) is 33.8 Å². The minimum atomic E-state index is -0.472. The summed E-state index contributed by atoms with van der Waals surface area (Å²) in [4.78, 5) is 11.9. The predicted octanol–water partition coefficient (Wildman–Crippen LogP) is 1.86. The Kier molecular flexibility index (Phi) is 6.18. The van der Waals surface area contributed by atoms with E-state index in [2.05, 4.69) is 15.7 Å². The van der Waals surface area contributed by atoms with E-state index < -0.39 is 6.03 Å². The first-order valence-electron chi connectivity index (χ1n) is 7.05. The van der Waals surface area contributed by atoms with E-state index in [9.17, 15) is 9.90 Å². The fourth-order valence-electron chi connectivity index (χ4n) is 1.91. The van der Waals surface area contributed by atoms with Crippen LogP contribution in [0.25, 0.3) is 0 Å². The lowest BCUT2D eigenvalue weighted by Gasteiger charge is -2.18. The maximum Gasteiger partial charge on any atom is 0.320 e. The molecule has 1 aromatic rings. The van der Waals surface area contributed by atoms with Crippen molar-refractivity contribution >= 4 is 11.8 Å².